The van der Waals surface area contributed by atoms with Crippen molar-refractivity contribution in [2.75, 3.05) is 16.8 Å². The quantitative estimate of drug-likeness (QED) is 0.861. The fourth-order valence-electron chi connectivity index (χ4n) is 2.20. The zero-order chi connectivity index (χ0) is 17.9. The standard InChI is InChI=1S/C18H18Cl2N2O2/c1-11-4-6-15(8-12(11)2)22(13(3)23)10-18(24)21-14-5-7-16(19)17(20)9-14/h4-9H,10H2,1-3H3,(H,21,24). The van der Waals surface area contributed by atoms with Gasteiger partial charge in [-0.25, -0.2) is 0 Å². The number of rotatable bonds is 4. The molecule has 0 atom stereocenters. The molecular formula is C18H18Cl2N2O2. The van der Waals surface area contributed by atoms with E-state index in [1.807, 2.05) is 32.0 Å². The van der Waals surface area contributed by atoms with Crippen LogP contribution in [-0.4, -0.2) is 18.4 Å². The van der Waals surface area contributed by atoms with E-state index in [1.54, 1.807) is 18.2 Å². The number of hydrogen-bond donors (Lipinski definition) is 1. The molecule has 126 valence electrons. The number of aryl methyl sites for hydroxylation is 2. The van der Waals surface area contributed by atoms with E-state index in [-0.39, 0.29) is 18.4 Å². The van der Waals surface area contributed by atoms with Crippen LogP contribution in [0.3, 0.4) is 0 Å². The van der Waals surface area contributed by atoms with Gasteiger partial charge in [-0.2, -0.15) is 0 Å². The van der Waals surface area contributed by atoms with Crippen LogP contribution in [0.2, 0.25) is 10.0 Å². The maximum absolute atomic E-state index is 12.3. The number of halogens is 2. The minimum absolute atomic E-state index is 0.0852. The topological polar surface area (TPSA) is 49.4 Å². The van der Waals surface area contributed by atoms with Gasteiger partial charge in [-0.05, 0) is 55.3 Å². The largest absolute Gasteiger partial charge is 0.324 e. The van der Waals surface area contributed by atoms with E-state index in [0.717, 1.165) is 11.1 Å². The molecule has 0 aliphatic heterocycles. The molecule has 2 amide bonds. The van der Waals surface area contributed by atoms with Crippen LogP contribution in [-0.2, 0) is 9.59 Å². The summed E-state index contributed by atoms with van der Waals surface area (Å²) in [6, 6.07) is 10.5. The fourth-order valence-corrected chi connectivity index (χ4v) is 2.49. The van der Waals surface area contributed by atoms with Gasteiger partial charge in [-0.3, -0.25) is 9.59 Å². The predicted molar refractivity (Wildman–Crippen MR) is 99.0 cm³/mol. The van der Waals surface area contributed by atoms with Gasteiger partial charge in [-0.15, -0.1) is 0 Å². The molecule has 24 heavy (non-hydrogen) atoms. The first-order chi connectivity index (χ1) is 11.3. The summed E-state index contributed by atoms with van der Waals surface area (Å²) in [6.07, 6.45) is 0. The predicted octanol–water partition coefficient (Wildman–Crippen LogP) is 4.60. The second-order valence-electron chi connectivity index (χ2n) is 5.55. The molecular weight excluding hydrogens is 347 g/mol. The highest BCUT2D eigenvalue weighted by molar-refractivity contribution is 6.42. The lowest BCUT2D eigenvalue weighted by atomic mass is 10.1. The van der Waals surface area contributed by atoms with Gasteiger partial charge in [0.15, 0.2) is 0 Å². The van der Waals surface area contributed by atoms with E-state index in [0.29, 0.717) is 21.4 Å². The average molecular weight is 365 g/mol. The maximum atomic E-state index is 12.3. The first-order valence-electron chi connectivity index (χ1n) is 7.38. The summed E-state index contributed by atoms with van der Waals surface area (Å²) in [5.41, 5.74) is 3.40. The van der Waals surface area contributed by atoms with Gasteiger partial charge in [0.05, 0.1) is 10.0 Å². The SMILES string of the molecule is CC(=O)N(CC(=O)Nc1ccc(Cl)c(Cl)c1)c1ccc(C)c(C)c1. The minimum Gasteiger partial charge on any atom is -0.324 e. The lowest BCUT2D eigenvalue weighted by Crippen LogP contribution is -2.36. The second kappa shape index (κ2) is 7.69. The Labute approximate surface area is 151 Å². The second-order valence-corrected chi connectivity index (χ2v) is 6.37. The molecule has 2 aromatic rings. The Bertz CT molecular complexity index is 791. The van der Waals surface area contributed by atoms with Crippen LogP contribution in [0.4, 0.5) is 11.4 Å². The average Bonchev–Trinajstić information content (AvgIpc) is 2.51. The zero-order valence-electron chi connectivity index (χ0n) is 13.7. The van der Waals surface area contributed by atoms with Crippen molar-refractivity contribution >= 4 is 46.4 Å². The molecule has 0 aromatic heterocycles. The van der Waals surface area contributed by atoms with Crippen molar-refractivity contribution in [3.8, 4) is 0 Å². The Morgan fingerprint density at radius 3 is 2.29 bits per heavy atom. The molecule has 2 rings (SSSR count). The molecule has 0 aliphatic carbocycles. The smallest absolute Gasteiger partial charge is 0.244 e. The fraction of sp³-hybridized carbons (Fsp3) is 0.222. The van der Waals surface area contributed by atoms with Gasteiger partial charge in [0.1, 0.15) is 6.54 Å². The summed E-state index contributed by atoms with van der Waals surface area (Å²) in [5.74, 6) is -0.524. The van der Waals surface area contributed by atoms with E-state index in [2.05, 4.69) is 5.32 Å². The lowest BCUT2D eigenvalue weighted by Gasteiger charge is -2.21. The number of carbonyl (C=O) groups excluding carboxylic acids is 2. The van der Waals surface area contributed by atoms with E-state index in [1.165, 1.54) is 11.8 Å². The van der Waals surface area contributed by atoms with Crippen LogP contribution in [0.1, 0.15) is 18.1 Å². The summed E-state index contributed by atoms with van der Waals surface area (Å²) in [5, 5.41) is 3.48. The molecule has 6 heteroatoms. The molecule has 0 unspecified atom stereocenters. The van der Waals surface area contributed by atoms with Crippen molar-refractivity contribution in [1.82, 2.24) is 0 Å². The van der Waals surface area contributed by atoms with Gasteiger partial charge in [0.25, 0.3) is 0 Å². The molecule has 0 heterocycles. The van der Waals surface area contributed by atoms with Gasteiger partial charge in [0.2, 0.25) is 11.8 Å². The highest BCUT2D eigenvalue weighted by Crippen LogP contribution is 2.25. The van der Waals surface area contributed by atoms with Crippen molar-refractivity contribution in [2.45, 2.75) is 20.8 Å². The molecule has 0 fully saturated rings. The lowest BCUT2D eigenvalue weighted by molar-refractivity contribution is -0.120. The number of nitrogens with one attached hydrogen (secondary N) is 1. The highest BCUT2D eigenvalue weighted by atomic mass is 35.5. The highest BCUT2D eigenvalue weighted by Gasteiger charge is 2.16. The van der Waals surface area contributed by atoms with Crippen LogP contribution >= 0.6 is 23.2 Å². The molecule has 0 bridgehead atoms. The number of nitrogens with zero attached hydrogens (tertiary/aromatic N) is 1. The molecule has 0 saturated carbocycles. The minimum atomic E-state index is -0.318. The van der Waals surface area contributed by atoms with Gasteiger partial charge >= 0.3 is 0 Å². The van der Waals surface area contributed by atoms with E-state index >= 15 is 0 Å². The number of benzene rings is 2. The monoisotopic (exact) mass is 364 g/mol. The third kappa shape index (κ3) is 4.49. The summed E-state index contributed by atoms with van der Waals surface area (Å²) in [4.78, 5) is 25.6. The van der Waals surface area contributed by atoms with Gasteiger partial charge in [0, 0.05) is 18.3 Å². The molecule has 0 aliphatic rings. The summed E-state index contributed by atoms with van der Waals surface area (Å²) in [6.45, 7) is 5.31. The molecule has 2 aromatic carbocycles. The Kier molecular flexibility index (Phi) is 5.86. The first kappa shape index (κ1) is 18.3. The van der Waals surface area contributed by atoms with Gasteiger partial charge < -0.3 is 10.2 Å². The van der Waals surface area contributed by atoms with Crippen LogP contribution in [0.5, 0.6) is 0 Å². The maximum Gasteiger partial charge on any atom is 0.244 e. The molecule has 0 radical (unpaired) electrons. The first-order valence-corrected chi connectivity index (χ1v) is 8.14. The Morgan fingerprint density at radius 1 is 1.00 bits per heavy atom. The Morgan fingerprint density at radius 2 is 1.71 bits per heavy atom. The number of carbonyl (C=O) groups is 2. The molecule has 0 spiro atoms. The van der Waals surface area contributed by atoms with E-state index in [9.17, 15) is 9.59 Å². The van der Waals surface area contributed by atoms with Crippen LogP contribution in [0.25, 0.3) is 0 Å². The van der Waals surface area contributed by atoms with Crippen molar-refractivity contribution in [3.05, 3.63) is 57.6 Å². The van der Waals surface area contributed by atoms with Crippen molar-refractivity contribution in [1.29, 1.82) is 0 Å². The number of anilines is 2. The van der Waals surface area contributed by atoms with Crippen molar-refractivity contribution < 1.29 is 9.59 Å². The van der Waals surface area contributed by atoms with Gasteiger partial charge in [-0.1, -0.05) is 29.3 Å². The van der Waals surface area contributed by atoms with Crippen molar-refractivity contribution in [3.63, 3.8) is 0 Å². The number of amides is 2. The molecule has 0 saturated heterocycles. The van der Waals surface area contributed by atoms with E-state index in [4.69, 9.17) is 23.2 Å². The normalized spacial score (nSPS) is 10.4. The van der Waals surface area contributed by atoms with Crippen LogP contribution < -0.4 is 10.2 Å². The molecule has 1 N–H and O–H groups in total. The van der Waals surface area contributed by atoms with Crippen molar-refractivity contribution in [2.24, 2.45) is 0 Å². The summed E-state index contributed by atoms with van der Waals surface area (Å²) < 4.78 is 0. The van der Waals surface area contributed by atoms with Crippen LogP contribution in [0, 0.1) is 13.8 Å². The van der Waals surface area contributed by atoms with Crippen LogP contribution in [0.15, 0.2) is 36.4 Å². The summed E-state index contributed by atoms with van der Waals surface area (Å²) >= 11 is 11.8. The third-order valence-corrected chi connectivity index (χ3v) is 4.43. The molecule has 4 nitrogen and oxygen atoms in total. The van der Waals surface area contributed by atoms with E-state index < -0.39 is 0 Å². The third-order valence-electron chi connectivity index (χ3n) is 3.69. The Hall–Kier alpha value is -2.04. The summed E-state index contributed by atoms with van der Waals surface area (Å²) in [7, 11) is 0. The Balaban J connectivity index is 2.15. The number of hydrogen-bond acceptors (Lipinski definition) is 2. The zero-order valence-corrected chi connectivity index (χ0v) is 15.2.